The number of benzene rings is 2. The van der Waals surface area contributed by atoms with E-state index in [2.05, 4.69) is 51.2 Å². The highest BCUT2D eigenvalue weighted by atomic mass is 79.9. The average Bonchev–Trinajstić information content (AvgIpc) is 2.98. The number of aromatic nitrogens is 2. The summed E-state index contributed by atoms with van der Waals surface area (Å²) >= 11 is 3.58. The second kappa shape index (κ2) is 6.32. The second-order valence-corrected chi connectivity index (χ2v) is 6.80. The maximum atomic E-state index is 9.77. The van der Waals surface area contributed by atoms with E-state index in [9.17, 15) is 5.11 Å². The maximum Gasteiger partial charge on any atom is 0.142 e. The number of hydrogen-bond donors (Lipinski definition) is 1. The fourth-order valence-electron chi connectivity index (χ4n) is 3.20. The molecule has 0 saturated carbocycles. The molecule has 0 radical (unpaired) electrons. The van der Waals surface area contributed by atoms with Gasteiger partial charge in [0.05, 0.1) is 13.2 Å². The highest BCUT2D eigenvalue weighted by Crippen LogP contribution is 2.27. The number of halogens is 1. The molecule has 0 aliphatic carbocycles. The number of aliphatic hydroxyl groups is 1. The monoisotopic (exact) mass is 391 g/mol. The summed E-state index contributed by atoms with van der Waals surface area (Å²) in [5, 5.41) is 22.1. The number of aliphatic hydroxyl groups excluding tert-OH is 1. The van der Waals surface area contributed by atoms with Gasteiger partial charge in [-0.15, -0.1) is 0 Å². The normalized spacial score (nSPS) is 11.1. The minimum absolute atomic E-state index is 0.0792. The molecule has 4 aromatic rings. The zero-order chi connectivity index (χ0) is 17.4. The Morgan fingerprint density at radius 3 is 2.72 bits per heavy atom. The van der Waals surface area contributed by atoms with Crippen molar-refractivity contribution in [3.05, 3.63) is 76.0 Å². The molecule has 25 heavy (non-hydrogen) atoms. The lowest BCUT2D eigenvalue weighted by molar-refractivity contribution is 0.272. The SMILES string of the molecule is N#Cc1ccc2cc(CO)n(Cc3cc(Br)cc4ccccc34)c2n1. The van der Waals surface area contributed by atoms with Gasteiger partial charge >= 0.3 is 0 Å². The van der Waals surface area contributed by atoms with E-state index in [1.54, 1.807) is 6.07 Å². The van der Waals surface area contributed by atoms with Gasteiger partial charge in [0.1, 0.15) is 17.4 Å². The van der Waals surface area contributed by atoms with Crippen molar-refractivity contribution in [2.45, 2.75) is 13.2 Å². The Hall–Kier alpha value is -2.68. The lowest BCUT2D eigenvalue weighted by atomic mass is 10.0. The summed E-state index contributed by atoms with van der Waals surface area (Å²) in [5.41, 5.74) is 2.99. The topological polar surface area (TPSA) is 61.8 Å². The molecule has 5 heteroatoms. The Kier molecular flexibility index (Phi) is 4.00. The van der Waals surface area contributed by atoms with Gasteiger partial charge in [0, 0.05) is 15.6 Å². The summed E-state index contributed by atoms with van der Waals surface area (Å²) < 4.78 is 2.98. The van der Waals surface area contributed by atoms with E-state index >= 15 is 0 Å². The summed E-state index contributed by atoms with van der Waals surface area (Å²) in [7, 11) is 0. The van der Waals surface area contributed by atoms with Crippen LogP contribution in [0.15, 0.2) is 59.1 Å². The van der Waals surface area contributed by atoms with Gasteiger partial charge in [-0.1, -0.05) is 40.2 Å². The quantitative estimate of drug-likeness (QED) is 0.564. The van der Waals surface area contributed by atoms with Crippen molar-refractivity contribution in [3.8, 4) is 6.07 Å². The van der Waals surface area contributed by atoms with Crippen molar-refractivity contribution in [2.75, 3.05) is 0 Å². The molecular weight excluding hydrogens is 378 g/mol. The van der Waals surface area contributed by atoms with Crippen LogP contribution in [0.4, 0.5) is 0 Å². The van der Waals surface area contributed by atoms with Gasteiger partial charge in [0.2, 0.25) is 0 Å². The molecular formula is C20H14BrN3O. The van der Waals surface area contributed by atoms with Gasteiger partial charge in [-0.05, 0) is 46.7 Å². The molecule has 0 atom stereocenters. The Balaban J connectivity index is 1.93. The van der Waals surface area contributed by atoms with Crippen LogP contribution in [-0.4, -0.2) is 14.7 Å². The molecule has 122 valence electrons. The van der Waals surface area contributed by atoms with E-state index in [0.29, 0.717) is 17.9 Å². The van der Waals surface area contributed by atoms with E-state index < -0.39 is 0 Å². The van der Waals surface area contributed by atoms with Crippen LogP contribution >= 0.6 is 15.9 Å². The van der Waals surface area contributed by atoms with Crippen LogP contribution in [0.1, 0.15) is 17.0 Å². The van der Waals surface area contributed by atoms with Crippen molar-refractivity contribution in [2.24, 2.45) is 0 Å². The van der Waals surface area contributed by atoms with Crippen LogP contribution in [0.3, 0.4) is 0 Å². The van der Waals surface area contributed by atoms with Crippen LogP contribution < -0.4 is 0 Å². The molecule has 0 fully saturated rings. The lowest BCUT2D eigenvalue weighted by Crippen LogP contribution is -2.06. The van der Waals surface area contributed by atoms with Gasteiger partial charge in [-0.2, -0.15) is 5.26 Å². The summed E-state index contributed by atoms with van der Waals surface area (Å²) in [4.78, 5) is 4.44. The molecule has 0 saturated heterocycles. The van der Waals surface area contributed by atoms with E-state index in [1.807, 2.05) is 28.8 Å². The molecule has 2 aromatic heterocycles. The Labute approximate surface area is 153 Å². The molecule has 2 aromatic carbocycles. The zero-order valence-corrected chi connectivity index (χ0v) is 14.9. The van der Waals surface area contributed by atoms with Crippen molar-refractivity contribution < 1.29 is 5.11 Å². The largest absolute Gasteiger partial charge is 0.390 e. The Morgan fingerprint density at radius 2 is 1.92 bits per heavy atom. The third-order valence-corrected chi connectivity index (χ3v) is 4.80. The molecule has 0 unspecified atom stereocenters. The van der Waals surface area contributed by atoms with Crippen molar-refractivity contribution >= 4 is 37.7 Å². The summed E-state index contributed by atoms with van der Waals surface area (Å²) in [6.45, 7) is 0.491. The minimum atomic E-state index is -0.0792. The van der Waals surface area contributed by atoms with Crippen molar-refractivity contribution in [1.29, 1.82) is 5.26 Å². The van der Waals surface area contributed by atoms with Crippen molar-refractivity contribution in [1.82, 2.24) is 9.55 Å². The first-order valence-corrected chi connectivity index (χ1v) is 8.66. The number of hydrogen-bond acceptors (Lipinski definition) is 3. The van der Waals surface area contributed by atoms with Crippen LogP contribution in [0.5, 0.6) is 0 Å². The second-order valence-electron chi connectivity index (χ2n) is 5.89. The van der Waals surface area contributed by atoms with Gasteiger partial charge in [-0.25, -0.2) is 4.98 Å². The smallest absolute Gasteiger partial charge is 0.142 e. The molecule has 0 bridgehead atoms. The van der Waals surface area contributed by atoms with Crippen molar-refractivity contribution in [3.63, 3.8) is 0 Å². The first-order valence-electron chi connectivity index (χ1n) is 7.87. The number of pyridine rings is 1. The van der Waals surface area contributed by atoms with Gasteiger partial charge in [-0.3, -0.25) is 0 Å². The minimum Gasteiger partial charge on any atom is -0.390 e. The van der Waals surface area contributed by atoms with Crippen LogP contribution in [0.25, 0.3) is 21.8 Å². The van der Waals surface area contributed by atoms with Gasteiger partial charge in [0.15, 0.2) is 0 Å². The molecule has 2 heterocycles. The summed E-state index contributed by atoms with van der Waals surface area (Å²) in [6, 6.07) is 20.0. The fraction of sp³-hybridized carbons (Fsp3) is 0.100. The highest BCUT2D eigenvalue weighted by molar-refractivity contribution is 9.10. The maximum absolute atomic E-state index is 9.77. The third kappa shape index (κ3) is 2.80. The molecule has 0 amide bonds. The molecule has 4 nitrogen and oxygen atoms in total. The number of nitrogens with zero attached hydrogens (tertiary/aromatic N) is 3. The lowest BCUT2D eigenvalue weighted by Gasteiger charge is -2.12. The van der Waals surface area contributed by atoms with E-state index in [-0.39, 0.29) is 6.61 Å². The number of nitriles is 1. The van der Waals surface area contributed by atoms with Gasteiger partial charge < -0.3 is 9.67 Å². The Bertz CT molecular complexity index is 1140. The zero-order valence-electron chi connectivity index (χ0n) is 13.3. The average molecular weight is 392 g/mol. The summed E-state index contributed by atoms with van der Waals surface area (Å²) in [5.74, 6) is 0. The molecule has 0 aliphatic rings. The van der Waals surface area contributed by atoms with E-state index in [0.717, 1.165) is 31.9 Å². The molecule has 1 N–H and O–H groups in total. The number of fused-ring (bicyclic) bond motifs is 2. The molecule has 4 rings (SSSR count). The first-order chi connectivity index (χ1) is 12.2. The first kappa shape index (κ1) is 15.8. The van der Waals surface area contributed by atoms with Gasteiger partial charge in [0.25, 0.3) is 0 Å². The van der Waals surface area contributed by atoms with E-state index in [1.165, 1.54) is 0 Å². The molecule has 0 aliphatic heterocycles. The summed E-state index contributed by atoms with van der Waals surface area (Å²) in [6.07, 6.45) is 0. The van der Waals surface area contributed by atoms with Crippen LogP contribution in [0, 0.1) is 11.3 Å². The number of rotatable bonds is 3. The standard InChI is InChI=1S/C20H14BrN3O/c21-16-7-13-3-1-2-4-19(13)15(8-16)11-24-18(12-25)9-14-5-6-17(10-22)23-20(14)24/h1-9,25H,11-12H2. The molecule has 0 spiro atoms. The van der Waals surface area contributed by atoms with Crippen LogP contribution in [-0.2, 0) is 13.2 Å². The third-order valence-electron chi connectivity index (χ3n) is 4.35. The predicted molar refractivity (Wildman–Crippen MR) is 101 cm³/mol. The van der Waals surface area contributed by atoms with Crippen LogP contribution in [0.2, 0.25) is 0 Å². The fourth-order valence-corrected chi connectivity index (χ4v) is 3.72. The highest BCUT2D eigenvalue weighted by Gasteiger charge is 2.13. The Morgan fingerprint density at radius 1 is 1.08 bits per heavy atom. The predicted octanol–water partition coefficient (Wildman–Crippen LogP) is 4.36. The van der Waals surface area contributed by atoms with E-state index in [4.69, 9.17) is 5.26 Å².